The maximum Gasteiger partial charge on any atom is 0.126 e. The first-order valence-corrected chi connectivity index (χ1v) is 7.32. The van der Waals surface area contributed by atoms with Crippen LogP contribution in [0.5, 0.6) is 0 Å². The number of rotatable bonds is 3. The monoisotopic (exact) mass is 288 g/mol. The molecule has 0 aromatic heterocycles. The van der Waals surface area contributed by atoms with Crippen LogP contribution in [0.4, 0.5) is 8.78 Å². The molecule has 21 heavy (non-hydrogen) atoms. The number of fused-ring (bicyclic) bond motifs is 1. The van der Waals surface area contributed by atoms with Crippen LogP contribution in [0.15, 0.2) is 42.5 Å². The van der Waals surface area contributed by atoms with E-state index in [2.05, 4.69) is 12.1 Å². The van der Waals surface area contributed by atoms with Gasteiger partial charge in [0, 0.05) is 6.42 Å². The van der Waals surface area contributed by atoms with Crippen molar-refractivity contribution in [3.63, 3.8) is 0 Å². The van der Waals surface area contributed by atoms with Crippen molar-refractivity contribution in [3.8, 4) is 0 Å². The fourth-order valence-electron chi connectivity index (χ4n) is 3.15. The minimum Gasteiger partial charge on any atom is -0.392 e. The highest BCUT2D eigenvalue weighted by Gasteiger charge is 2.25. The van der Waals surface area contributed by atoms with Crippen LogP contribution in [-0.2, 0) is 19.3 Å². The van der Waals surface area contributed by atoms with Gasteiger partial charge in [-0.2, -0.15) is 0 Å². The first-order chi connectivity index (χ1) is 10.1. The van der Waals surface area contributed by atoms with Gasteiger partial charge in [0.05, 0.1) is 6.10 Å². The molecule has 0 heterocycles. The molecule has 3 rings (SSSR count). The zero-order chi connectivity index (χ0) is 14.8. The summed E-state index contributed by atoms with van der Waals surface area (Å²) in [6, 6.07) is 11.6. The molecule has 0 radical (unpaired) electrons. The minimum absolute atomic E-state index is 0.0996. The summed E-state index contributed by atoms with van der Waals surface area (Å²) < 4.78 is 26.8. The Bertz CT molecular complexity index is 639. The predicted octanol–water partition coefficient (Wildman–Crippen LogP) is 3.67. The maximum atomic E-state index is 13.7. The van der Waals surface area contributed by atoms with Crippen LogP contribution in [0.25, 0.3) is 0 Å². The first kappa shape index (κ1) is 14.2. The molecule has 2 atom stereocenters. The van der Waals surface area contributed by atoms with Gasteiger partial charge < -0.3 is 5.11 Å². The van der Waals surface area contributed by atoms with E-state index in [4.69, 9.17) is 0 Å². The van der Waals surface area contributed by atoms with Gasteiger partial charge in [-0.15, -0.1) is 0 Å². The molecular formula is C18H18F2O. The van der Waals surface area contributed by atoms with Crippen molar-refractivity contribution >= 4 is 0 Å². The number of hydrogen-bond acceptors (Lipinski definition) is 1. The van der Waals surface area contributed by atoms with E-state index in [1.807, 2.05) is 12.1 Å². The van der Waals surface area contributed by atoms with Crippen molar-refractivity contribution in [2.75, 3.05) is 0 Å². The molecule has 1 N–H and O–H groups in total. The Hall–Kier alpha value is -1.74. The van der Waals surface area contributed by atoms with E-state index in [-0.39, 0.29) is 17.9 Å². The number of halogens is 2. The topological polar surface area (TPSA) is 20.2 Å². The molecule has 0 fully saturated rings. The number of aryl methyl sites for hydroxylation is 1. The lowest BCUT2D eigenvalue weighted by atomic mass is 9.79. The second-order valence-corrected chi connectivity index (χ2v) is 5.78. The third-order valence-electron chi connectivity index (χ3n) is 4.37. The molecular weight excluding hydrogens is 270 g/mol. The SMILES string of the molecule is OC(Cc1cc(F)ccc1F)C1CCc2ccccc2C1. The fourth-order valence-corrected chi connectivity index (χ4v) is 3.15. The maximum absolute atomic E-state index is 13.7. The van der Waals surface area contributed by atoms with E-state index >= 15 is 0 Å². The Morgan fingerprint density at radius 3 is 2.67 bits per heavy atom. The Morgan fingerprint density at radius 2 is 1.86 bits per heavy atom. The molecule has 0 bridgehead atoms. The predicted molar refractivity (Wildman–Crippen MR) is 78.0 cm³/mol. The molecule has 3 heteroatoms. The number of hydrogen-bond donors (Lipinski definition) is 1. The van der Waals surface area contributed by atoms with Crippen molar-refractivity contribution in [3.05, 3.63) is 70.8 Å². The molecule has 110 valence electrons. The third-order valence-corrected chi connectivity index (χ3v) is 4.37. The minimum atomic E-state index is -0.644. The van der Waals surface area contributed by atoms with Gasteiger partial charge in [0.1, 0.15) is 11.6 Å². The van der Waals surface area contributed by atoms with Crippen LogP contribution in [0, 0.1) is 17.6 Å². The van der Waals surface area contributed by atoms with Crippen LogP contribution in [-0.4, -0.2) is 11.2 Å². The Morgan fingerprint density at radius 1 is 1.10 bits per heavy atom. The standard InChI is InChI=1S/C18H18F2O/c19-16-7-8-17(20)15(10-16)11-18(21)14-6-5-12-3-1-2-4-13(12)9-14/h1-4,7-8,10,14,18,21H,5-6,9,11H2. The fraction of sp³-hybridized carbons (Fsp3) is 0.333. The summed E-state index contributed by atoms with van der Waals surface area (Å²) in [5.74, 6) is -0.818. The molecule has 2 unspecified atom stereocenters. The molecule has 0 amide bonds. The summed E-state index contributed by atoms with van der Waals surface area (Å²) in [6.45, 7) is 0. The van der Waals surface area contributed by atoms with Crippen LogP contribution in [0.2, 0.25) is 0 Å². The van der Waals surface area contributed by atoms with Crippen molar-refractivity contribution in [2.45, 2.75) is 31.8 Å². The Labute approximate surface area is 123 Å². The van der Waals surface area contributed by atoms with Crippen LogP contribution in [0.3, 0.4) is 0 Å². The smallest absolute Gasteiger partial charge is 0.126 e. The van der Waals surface area contributed by atoms with Crippen molar-refractivity contribution in [1.29, 1.82) is 0 Å². The average Bonchev–Trinajstić information content (AvgIpc) is 2.50. The second kappa shape index (κ2) is 5.94. The first-order valence-electron chi connectivity index (χ1n) is 7.32. The van der Waals surface area contributed by atoms with Gasteiger partial charge in [0.15, 0.2) is 0 Å². The van der Waals surface area contributed by atoms with Gasteiger partial charge in [-0.25, -0.2) is 8.78 Å². The number of aliphatic hydroxyl groups excluding tert-OH is 1. The second-order valence-electron chi connectivity index (χ2n) is 5.78. The summed E-state index contributed by atoms with van der Waals surface area (Å²) in [5.41, 5.74) is 2.84. The number of aliphatic hydroxyl groups is 1. The van der Waals surface area contributed by atoms with Crippen LogP contribution >= 0.6 is 0 Å². The van der Waals surface area contributed by atoms with Gasteiger partial charge in [-0.1, -0.05) is 24.3 Å². The van der Waals surface area contributed by atoms with E-state index in [9.17, 15) is 13.9 Å². The zero-order valence-electron chi connectivity index (χ0n) is 11.7. The van der Waals surface area contributed by atoms with Crippen LogP contribution in [0.1, 0.15) is 23.1 Å². The largest absolute Gasteiger partial charge is 0.392 e. The van der Waals surface area contributed by atoms with E-state index in [0.29, 0.717) is 0 Å². The van der Waals surface area contributed by atoms with Gasteiger partial charge in [0.2, 0.25) is 0 Å². The highest BCUT2D eigenvalue weighted by atomic mass is 19.1. The van der Waals surface area contributed by atoms with E-state index in [1.54, 1.807) is 0 Å². The van der Waals surface area contributed by atoms with Crippen molar-refractivity contribution in [1.82, 2.24) is 0 Å². The summed E-state index contributed by atoms with van der Waals surface area (Å²) >= 11 is 0. The van der Waals surface area contributed by atoms with E-state index in [0.717, 1.165) is 31.4 Å². The Balaban J connectivity index is 1.72. The van der Waals surface area contributed by atoms with Crippen LogP contribution < -0.4 is 0 Å². The number of benzene rings is 2. The molecule has 2 aromatic rings. The van der Waals surface area contributed by atoms with Crippen molar-refractivity contribution < 1.29 is 13.9 Å². The van der Waals surface area contributed by atoms with Gasteiger partial charge in [-0.3, -0.25) is 0 Å². The lowest BCUT2D eigenvalue weighted by Gasteiger charge is -2.28. The third kappa shape index (κ3) is 3.13. The highest BCUT2D eigenvalue weighted by molar-refractivity contribution is 5.30. The lowest BCUT2D eigenvalue weighted by molar-refractivity contribution is 0.0984. The molecule has 0 saturated heterocycles. The molecule has 0 saturated carbocycles. The molecule has 1 nitrogen and oxygen atoms in total. The van der Waals surface area contributed by atoms with Crippen molar-refractivity contribution in [2.24, 2.45) is 5.92 Å². The quantitative estimate of drug-likeness (QED) is 0.913. The average molecular weight is 288 g/mol. The van der Waals surface area contributed by atoms with Gasteiger partial charge in [-0.05, 0) is 60.1 Å². The molecule has 0 aliphatic heterocycles. The van der Waals surface area contributed by atoms with E-state index < -0.39 is 17.7 Å². The lowest BCUT2D eigenvalue weighted by Crippen LogP contribution is -2.28. The molecule has 1 aliphatic rings. The van der Waals surface area contributed by atoms with E-state index in [1.165, 1.54) is 17.2 Å². The Kier molecular flexibility index (Phi) is 4.02. The summed E-state index contributed by atoms with van der Waals surface area (Å²) in [4.78, 5) is 0. The summed E-state index contributed by atoms with van der Waals surface area (Å²) in [7, 11) is 0. The molecule has 2 aromatic carbocycles. The normalized spacial score (nSPS) is 19.1. The molecule has 1 aliphatic carbocycles. The van der Waals surface area contributed by atoms with Gasteiger partial charge >= 0.3 is 0 Å². The summed E-state index contributed by atoms with van der Waals surface area (Å²) in [5, 5.41) is 10.4. The highest BCUT2D eigenvalue weighted by Crippen LogP contribution is 2.29. The summed E-state index contributed by atoms with van der Waals surface area (Å²) in [6.07, 6.45) is 2.14. The van der Waals surface area contributed by atoms with Gasteiger partial charge in [0.25, 0.3) is 0 Å². The zero-order valence-corrected chi connectivity index (χ0v) is 11.7. The molecule has 0 spiro atoms.